The quantitative estimate of drug-likeness (QED) is 0.590. The van der Waals surface area contributed by atoms with Crippen LogP contribution in [-0.4, -0.2) is 5.75 Å². The van der Waals surface area contributed by atoms with Gasteiger partial charge in [-0.1, -0.05) is 60.7 Å². The molecule has 2 rings (SSSR count). The summed E-state index contributed by atoms with van der Waals surface area (Å²) in [7, 11) is 0. The van der Waals surface area contributed by atoms with E-state index in [0.717, 1.165) is 5.75 Å². The van der Waals surface area contributed by atoms with Crippen LogP contribution in [0.4, 0.5) is 0 Å². The van der Waals surface area contributed by atoms with Gasteiger partial charge < -0.3 is 0 Å². The van der Waals surface area contributed by atoms with Gasteiger partial charge in [-0.05, 0) is 29.2 Å². The maximum absolute atomic E-state index is 4.46. The number of allylic oxidation sites excluding steroid dienone is 1. The van der Waals surface area contributed by atoms with Gasteiger partial charge in [0.15, 0.2) is 0 Å². The van der Waals surface area contributed by atoms with Crippen molar-refractivity contribution in [1.29, 1.82) is 0 Å². The van der Waals surface area contributed by atoms with Gasteiger partial charge >= 0.3 is 0 Å². The Bertz CT molecular complexity index is 498. The van der Waals surface area contributed by atoms with E-state index in [-0.39, 0.29) is 0 Å². The lowest BCUT2D eigenvalue weighted by atomic mass is 9.97. The molecule has 0 bridgehead atoms. The van der Waals surface area contributed by atoms with Gasteiger partial charge in [0.25, 0.3) is 0 Å². The zero-order chi connectivity index (χ0) is 12.1. The molecule has 0 spiro atoms. The second-order valence-electron chi connectivity index (χ2n) is 3.99. The van der Waals surface area contributed by atoms with Crippen molar-refractivity contribution in [2.45, 2.75) is 6.92 Å². The average Bonchev–Trinajstić information content (AvgIpc) is 2.42. The lowest BCUT2D eigenvalue weighted by Gasteiger charge is -2.10. The Balaban J connectivity index is 2.48. The van der Waals surface area contributed by atoms with Gasteiger partial charge in [0.2, 0.25) is 0 Å². The molecule has 0 atom stereocenters. The Hall–Kier alpha value is -1.47. The molecule has 0 saturated carbocycles. The van der Waals surface area contributed by atoms with E-state index in [2.05, 4.69) is 68.1 Å². The maximum atomic E-state index is 4.46. The summed E-state index contributed by atoms with van der Waals surface area (Å²) in [6, 6.07) is 20.9. The number of hydrogen-bond acceptors (Lipinski definition) is 1. The number of benzene rings is 2. The van der Waals surface area contributed by atoms with Gasteiger partial charge in [0.1, 0.15) is 0 Å². The van der Waals surface area contributed by atoms with E-state index >= 15 is 0 Å². The van der Waals surface area contributed by atoms with Crippen molar-refractivity contribution in [2.24, 2.45) is 0 Å². The first kappa shape index (κ1) is 12.0. The van der Waals surface area contributed by atoms with Crippen molar-refractivity contribution >= 4 is 23.8 Å². The first-order valence-electron chi connectivity index (χ1n) is 5.74. The van der Waals surface area contributed by atoms with E-state index < -0.39 is 0 Å². The zero-order valence-corrected chi connectivity index (χ0v) is 10.8. The van der Waals surface area contributed by atoms with Crippen molar-refractivity contribution in [3.63, 3.8) is 0 Å². The lowest BCUT2D eigenvalue weighted by Crippen LogP contribution is -1.91. The van der Waals surface area contributed by atoms with E-state index in [1.807, 2.05) is 12.1 Å². The molecule has 0 nitrogen and oxygen atoms in total. The fourth-order valence-corrected chi connectivity index (χ4v) is 2.35. The third kappa shape index (κ3) is 2.80. The average molecular weight is 240 g/mol. The van der Waals surface area contributed by atoms with E-state index in [1.165, 1.54) is 22.3 Å². The van der Waals surface area contributed by atoms with E-state index in [9.17, 15) is 0 Å². The third-order valence-corrected chi connectivity index (χ3v) is 3.26. The van der Waals surface area contributed by atoms with Crippen LogP contribution in [0.5, 0.6) is 0 Å². The van der Waals surface area contributed by atoms with Gasteiger partial charge in [0, 0.05) is 5.75 Å². The molecule has 0 aliphatic rings. The van der Waals surface area contributed by atoms with Crippen LogP contribution in [0.3, 0.4) is 0 Å². The van der Waals surface area contributed by atoms with Crippen LogP contribution in [0, 0.1) is 0 Å². The van der Waals surface area contributed by atoms with Crippen LogP contribution in [0.15, 0.2) is 60.7 Å². The van der Waals surface area contributed by atoms with Gasteiger partial charge in [-0.2, -0.15) is 12.6 Å². The molecular formula is C16H16S. The molecule has 0 N–H and O–H groups in total. The fourth-order valence-electron chi connectivity index (χ4n) is 1.93. The summed E-state index contributed by atoms with van der Waals surface area (Å²) >= 11 is 4.46. The molecule has 0 saturated heterocycles. The molecule has 2 aromatic rings. The van der Waals surface area contributed by atoms with Crippen LogP contribution in [-0.2, 0) is 0 Å². The molecule has 0 aromatic heterocycles. The summed E-state index contributed by atoms with van der Waals surface area (Å²) in [5.74, 6) is 0.755. The van der Waals surface area contributed by atoms with E-state index in [0.29, 0.717) is 0 Å². The second kappa shape index (κ2) is 5.74. The van der Waals surface area contributed by atoms with Crippen LogP contribution in [0.2, 0.25) is 0 Å². The van der Waals surface area contributed by atoms with E-state index in [1.54, 1.807) is 0 Å². The predicted octanol–water partition coefficient (Wildman–Crippen LogP) is 4.55. The lowest BCUT2D eigenvalue weighted by molar-refractivity contribution is 1.52. The molecule has 0 aliphatic carbocycles. The number of thiol groups is 1. The normalized spacial score (nSPS) is 12.1. The highest BCUT2D eigenvalue weighted by Gasteiger charge is 2.05. The van der Waals surface area contributed by atoms with Gasteiger partial charge in [-0.15, -0.1) is 0 Å². The van der Waals surface area contributed by atoms with Crippen LogP contribution < -0.4 is 0 Å². The monoisotopic (exact) mass is 240 g/mol. The minimum absolute atomic E-state index is 0.755. The maximum Gasteiger partial charge on any atom is 0.0163 e. The predicted molar refractivity (Wildman–Crippen MR) is 79.2 cm³/mol. The van der Waals surface area contributed by atoms with Crippen molar-refractivity contribution in [2.75, 3.05) is 5.75 Å². The summed E-state index contributed by atoms with van der Waals surface area (Å²) in [6.45, 7) is 2.16. The fraction of sp³-hybridized carbons (Fsp3) is 0.125. The third-order valence-electron chi connectivity index (χ3n) is 2.94. The standard InChI is InChI=1S/C16H16S/c1-13(14-8-4-2-5-9-14)16(12-17)15-10-6-3-7-11-15/h2-11,17H,12H2,1H3/b16-13-. The van der Waals surface area contributed by atoms with Crippen molar-refractivity contribution in [1.82, 2.24) is 0 Å². The Morgan fingerprint density at radius 1 is 0.824 bits per heavy atom. The molecule has 0 aliphatic heterocycles. The summed E-state index contributed by atoms with van der Waals surface area (Å²) in [4.78, 5) is 0. The van der Waals surface area contributed by atoms with Crippen LogP contribution in [0.1, 0.15) is 18.1 Å². The highest BCUT2D eigenvalue weighted by Crippen LogP contribution is 2.26. The topological polar surface area (TPSA) is 0 Å². The van der Waals surface area contributed by atoms with Gasteiger partial charge in [-0.25, -0.2) is 0 Å². The minimum atomic E-state index is 0.755. The molecule has 0 fully saturated rings. The van der Waals surface area contributed by atoms with Crippen molar-refractivity contribution in [3.8, 4) is 0 Å². The SMILES string of the molecule is C/C(=C(\CS)c1ccccc1)c1ccccc1. The van der Waals surface area contributed by atoms with E-state index in [4.69, 9.17) is 0 Å². The summed E-state index contributed by atoms with van der Waals surface area (Å²) < 4.78 is 0. The van der Waals surface area contributed by atoms with Crippen molar-refractivity contribution in [3.05, 3.63) is 71.8 Å². The highest BCUT2D eigenvalue weighted by atomic mass is 32.1. The Morgan fingerprint density at radius 2 is 1.29 bits per heavy atom. The molecule has 0 amide bonds. The van der Waals surface area contributed by atoms with Crippen LogP contribution >= 0.6 is 12.6 Å². The molecular weight excluding hydrogens is 224 g/mol. The van der Waals surface area contributed by atoms with Crippen LogP contribution in [0.25, 0.3) is 11.1 Å². The van der Waals surface area contributed by atoms with Gasteiger partial charge in [0.05, 0.1) is 0 Å². The number of hydrogen-bond donors (Lipinski definition) is 1. The Kier molecular flexibility index (Phi) is 4.05. The molecule has 0 radical (unpaired) electrons. The molecule has 86 valence electrons. The minimum Gasteiger partial charge on any atom is -0.175 e. The first-order valence-corrected chi connectivity index (χ1v) is 6.37. The van der Waals surface area contributed by atoms with Crippen molar-refractivity contribution < 1.29 is 0 Å². The Morgan fingerprint density at radius 3 is 1.76 bits per heavy atom. The summed E-state index contributed by atoms with van der Waals surface area (Å²) in [5, 5.41) is 0. The molecule has 1 heteroatoms. The summed E-state index contributed by atoms with van der Waals surface area (Å²) in [5.41, 5.74) is 5.11. The second-order valence-corrected chi connectivity index (χ2v) is 4.31. The van der Waals surface area contributed by atoms with Gasteiger partial charge in [-0.3, -0.25) is 0 Å². The molecule has 0 heterocycles. The largest absolute Gasteiger partial charge is 0.175 e. The highest BCUT2D eigenvalue weighted by molar-refractivity contribution is 7.80. The smallest absolute Gasteiger partial charge is 0.0163 e. The first-order chi connectivity index (χ1) is 8.33. The molecule has 17 heavy (non-hydrogen) atoms. The Labute approximate surface area is 108 Å². The molecule has 0 unspecified atom stereocenters. The number of rotatable bonds is 3. The summed E-state index contributed by atoms with van der Waals surface area (Å²) in [6.07, 6.45) is 0. The molecule has 2 aromatic carbocycles. The zero-order valence-electron chi connectivity index (χ0n) is 9.93.